The molecule has 0 unspecified atom stereocenters. The van der Waals surface area contributed by atoms with E-state index >= 15 is 0 Å². The lowest BCUT2D eigenvalue weighted by molar-refractivity contribution is 0.145. The van der Waals surface area contributed by atoms with Gasteiger partial charge in [-0.05, 0) is 40.9 Å². The third-order valence-electron chi connectivity index (χ3n) is 4.56. The van der Waals surface area contributed by atoms with Crippen molar-refractivity contribution >= 4 is 27.6 Å². The van der Waals surface area contributed by atoms with Crippen molar-refractivity contribution in [3.8, 4) is 0 Å². The van der Waals surface area contributed by atoms with Crippen molar-refractivity contribution in [3.05, 3.63) is 40.4 Å². The Balaban J connectivity index is 1.51. The fourth-order valence-corrected chi connectivity index (χ4v) is 3.53. The van der Waals surface area contributed by atoms with Crippen LogP contribution >= 0.6 is 15.9 Å². The van der Waals surface area contributed by atoms with E-state index in [4.69, 9.17) is 0 Å². The molecule has 1 saturated heterocycles. The molecule has 0 aromatic carbocycles. The van der Waals surface area contributed by atoms with Gasteiger partial charge in [0.15, 0.2) is 0 Å². The molecule has 25 heavy (non-hydrogen) atoms. The van der Waals surface area contributed by atoms with Gasteiger partial charge in [-0.2, -0.15) is 0 Å². The summed E-state index contributed by atoms with van der Waals surface area (Å²) in [6, 6.07) is 5.29. The Morgan fingerprint density at radius 2 is 1.80 bits per heavy atom. The Hall–Kier alpha value is -1.83. The number of anilines is 2. The maximum absolute atomic E-state index is 13.2. The number of halogens is 3. The first kappa shape index (κ1) is 16.6. The van der Waals surface area contributed by atoms with Crippen LogP contribution in [0, 0.1) is 0 Å². The topological polar surface area (TPSA) is 45.2 Å². The largest absolute Gasteiger partial charge is 0.353 e. The molecular formula is C17H18BrF2N5. The van der Waals surface area contributed by atoms with E-state index in [-0.39, 0.29) is 11.6 Å². The number of alkyl halides is 2. The van der Waals surface area contributed by atoms with Gasteiger partial charge in [0.05, 0.1) is 4.47 Å². The normalized spacial score (nSPS) is 18.1. The molecule has 1 saturated carbocycles. The third kappa shape index (κ3) is 3.58. The Labute approximate surface area is 153 Å². The highest BCUT2D eigenvalue weighted by atomic mass is 79.9. The van der Waals surface area contributed by atoms with Crippen molar-refractivity contribution in [1.29, 1.82) is 0 Å². The van der Waals surface area contributed by atoms with Crippen molar-refractivity contribution in [2.45, 2.75) is 25.2 Å². The molecule has 0 radical (unpaired) electrons. The van der Waals surface area contributed by atoms with Crippen LogP contribution in [0.2, 0.25) is 0 Å². The molecule has 2 aliphatic rings. The number of pyridine rings is 1. The first-order valence-electron chi connectivity index (χ1n) is 8.39. The lowest BCUT2D eigenvalue weighted by atomic mass is 10.2. The average molecular weight is 410 g/mol. The monoisotopic (exact) mass is 409 g/mol. The highest BCUT2D eigenvalue weighted by Crippen LogP contribution is 2.39. The number of nitrogens with zero attached hydrogens (tertiary/aromatic N) is 5. The molecule has 1 aliphatic heterocycles. The van der Waals surface area contributed by atoms with E-state index in [0.29, 0.717) is 24.7 Å². The van der Waals surface area contributed by atoms with E-state index in [0.717, 1.165) is 36.2 Å². The lowest BCUT2D eigenvalue weighted by Crippen LogP contribution is -2.47. The van der Waals surface area contributed by atoms with Crippen molar-refractivity contribution in [3.63, 3.8) is 0 Å². The predicted molar refractivity (Wildman–Crippen MR) is 95.3 cm³/mol. The second-order valence-electron chi connectivity index (χ2n) is 6.37. The molecule has 132 valence electrons. The van der Waals surface area contributed by atoms with Gasteiger partial charge in [0.25, 0.3) is 6.43 Å². The maximum Gasteiger partial charge on any atom is 0.280 e. The quantitative estimate of drug-likeness (QED) is 0.768. The van der Waals surface area contributed by atoms with Crippen molar-refractivity contribution in [2.75, 3.05) is 36.0 Å². The van der Waals surface area contributed by atoms with E-state index < -0.39 is 6.43 Å². The van der Waals surface area contributed by atoms with Gasteiger partial charge >= 0.3 is 0 Å². The van der Waals surface area contributed by atoms with Crippen molar-refractivity contribution in [2.24, 2.45) is 0 Å². The van der Waals surface area contributed by atoms with E-state index in [1.165, 1.54) is 6.07 Å². The second-order valence-corrected chi connectivity index (χ2v) is 7.22. The minimum Gasteiger partial charge on any atom is -0.353 e. The highest BCUT2D eigenvalue weighted by molar-refractivity contribution is 9.10. The van der Waals surface area contributed by atoms with Gasteiger partial charge in [0, 0.05) is 44.4 Å². The van der Waals surface area contributed by atoms with Crippen LogP contribution in [0.15, 0.2) is 28.9 Å². The summed E-state index contributed by atoms with van der Waals surface area (Å²) < 4.78 is 27.3. The summed E-state index contributed by atoms with van der Waals surface area (Å²) in [5.41, 5.74) is -0.165. The van der Waals surface area contributed by atoms with Gasteiger partial charge in [-0.15, -0.1) is 0 Å². The number of hydrogen-bond donors (Lipinski definition) is 0. The van der Waals surface area contributed by atoms with Gasteiger partial charge in [0.2, 0.25) is 0 Å². The van der Waals surface area contributed by atoms with Crippen LogP contribution in [0.3, 0.4) is 0 Å². The zero-order valence-electron chi connectivity index (χ0n) is 13.6. The van der Waals surface area contributed by atoms with E-state index in [1.807, 2.05) is 12.1 Å². The second kappa shape index (κ2) is 6.82. The molecule has 1 aliphatic carbocycles. The van der Waals surface area contributed by atoms with Crippen molar-refractivity contribution in [1.82, 2.24) is 15.0 Å². The summed E-state index contributed by atoms with van der Waals surface area (Å²) in [6.45, 7) is 2.96. The zero-order valence-corrected chi connectivity index (χ0v) is 15.2. The number of piperazine rings is 1. The van der Waals surface area contributed by atoms with Crippen LogP contribution in [-0.4, -0.2) is 41.1 Å². The van der Waals surface area contributed by atoms with Crippen LogP contribution in [0.5, 0.6) is 0 Å². The minimum absolute atomic E-state index is 0.165. The fraction of sp³-hybridized carbons (Fsp3) is 0.471. The molecule has 8 heteroatoms. The SMILES string of the molecule is FC(F)c1cc(N2CCN(c3ncccc3Br)CC2)nc(C2CC2)n1. The molecular weight excluding hydrogens is 392 g/mol. The van der Waals surface area contributed by atoms with Crippen LogP contribution in [0.25, 0.3) is 0 Å². The Morgan fingerprint density at radius 3 is 2.44 bits per heavy atom. The molecule has 2 fully saturated rings. The van der Waals surface area contributed by atoms with Gasteiger partial charge in [-0.1, -0.05) is 0 Å². The fourth-order valence-electron chi connectivity index (χ4n) is 3.03. The summed E-state index contributed by atoms with van der Waals surface area (Å²) in [6.07, 6.45) is 1.19. The molecule has 3 heterocycles. The van der Waals surface area contributed by atoms with E-state index in [9.17, 15) is 8.78 Å². The number of aromatic nitrogens is 3. The summed E-state index contributed by atoms with van der Waals surface area (Å²) in [5, 5.41) is 0. The first-order valence-corrected chi connectivity index (χ1v) is 9.18. The predicted octanol–water partition coefficient (Wildman–Crippen LogP) is 3.78. The molecule has 5 nitrogen and oxygen atoms in total. The van der Waals surface area contributed by atoms with Crippen LogP contribution in [0.4, 0.5) is 20.4 Å². The minimum atomic E-state index is -2.56. The number of rotatable bonds is 4. The molecule has 0 bridgehead atoms. The molecule has 2 aromatic heterocycles. The van der Waals surface area contributed by atoms with Crippen molar-refractivity contribution < 1.29 is 8.78 Å². The molecule has 0 atom stereocenters. The van der Waals surface area contributed by atoms with Gasteiger partial charge in [0.1, 0.15) is 23.2 Å². The highest BCUT2D eigenvalue weighted by Gasteiger charge is 2.30. The van der Waals surface area contributed by atoms with Gasteiger partial charge in [-0.3, -0.25) is 0 Å². The lowest BCUT2D eigenvalue weighted by Gasteiger charge is -2.36. The third-order valence-corrected chi connectivity index (χ3v) is 5.18. The van der Waals surface area contributed by atoms with E-state index in [1.54, 1.807) is 6.20 Å². The van der Waals surface area contributed by atoms with Crippen LogP contribution in [0.1, 0.15) is 36.7 Å². The zero-order chi connectivity index (χ0) is 17.4. The first-order chi connectivity index (χ1) is 12.1. The average Bonchev–Trinajstić information content (AvgIpc) is 3.47. The summed E-state index contributed by atoms with van der Waals surface area (Å²) in [7, 11) is 0. The Bertz CT molecular complexity index is 740. The molecule has 0 spiro atoms. The van der Waals surface area contributed by atoms with E-state index in [2.05, 4.69) is 40.7 Å². The molecule has 0 N–H and O–H groups in total. The summed E-state index contributed by atoms with van der Waals surface area (Å²) >= 11 is 3.53. The van der Waals surface area contributed by atoms with Crippen LogP contribution in [-0.2, 0) is 0 Å². The summed E-state index contributed by atoms with van der Waals surface area (Å²) in [4.78, 5) is 17.3. The van der Waals surface area contributed by atoms with Gasteiger partial charge in [-0.25, -0.2) is 23.7 Å². The maximum atomic E-state index is 13.2. The standard InChI is InChI=1S/C17H18BrF2N5/c18-12-2-1-5-21-17(12)25-8-6-24(7-9-25)14-10-13(15(19)20)22-16(23-14)11-3-4-11/h1-2,5,10-11,15H,3-4,6-9H2. The van der Waals surface area contributed by atoms with Gasteiger partial charge < -0.3 is 9.80 Å². The molecule has 0 amide bonds. The molecule has 4 rings (SSSR count). The smallest absolute Gasteiger partial charge is 0.280 e. The molecule has 2 aromatic rings. The Morgan fingerprint density at radius 1 is 1.08 bits per heavy atom. The Kier molecular flexibility index (Phi) is 4.54. The number of hydrogen-bond acceptors (Lipinski definition) is 5. The van der Waals surface area contributed by atoms with Crippen LogP contribution < -0.4 is 9.80 Å². The summed E-state index contributed by atoms with van der Waals surface area (Å²) in [5.74, 6) is 2.36.